The number of rotatable bonds is 8. The summed E-state index contributed by atoms with van der Waals surface area (Å²) in [5, 5.41) is 2.89. The Hall–Kier alpha value is -3.78. The molecule has 244 valence electrons. The van der Waals surface area contributed by atoms with Gasteiger partial charge in [-0.25, -0.2) is 9.79 Å². The van der Waals surface area contributed by atoms with Crippen LogP contribution < -0.4 is 19.6 Å². The van der Waals surface area contributed by atoms with E-state index >= 15 is 0 Å². The Morgan fingerprint density at radius 1 is 0.939 bits per heavy atom. The van der Waals surface area contributed by atoms with Gasteiger partial charge in [0.1, 0.15) is 12.4 Å². The average Bonchev–Trinajstić information content (AvgIpc) is 3.42. The fourth-order valence-corrected chi connectivity index (χ4v) is 9.18. The first-order valence-electron chi connectivity index (χ1n) is 15.4. The molecule has 0 saturated carbocycles. The van der Waals surface area contributed by atoms with Crippen molar-refractivity contribution in [1.29, 1.82) is 0 Å². The quantitative estimate of drug-likeness (QED) is 0.114. The molecule has 6 nitrogen and oxygen atoms in total. The molecule has 1 atom stereocenters. The summed E-state index contributed by atoms with van der Waals surface area (Å²) in [6.07, 6.45) is 1.87. The summed E-state index contributed by atoms with van der Waals surface area (Å²) in [7, 11) is 0. The number of carbonyl (C=O) groups excluding carboxylic acids is 1. The maximum absolute atomic E-state index is 14.3. The van der Waals surface area contributed by atoms with E-state index in [4.69, 9.17) is 26.1 Å². The molecule has 0 aliphatic carbocycles. The Labute approximate surface area is 318 Å². The van der Waals surface area contributed by atoms with Gasteiger partial charge in [0.15, 0.2) is 4.80 Å². The normalized spacial score (nSPS) is 14.4. The lowest BCUT2D eigenvalue weighted by Crippen LogP contribution is -2.40. The number of nitrogens with zero attached hydrogens (tertiary/aromatic N) is 2. The largest absolute Gasteiger partial charge is 0.487 e. The third kappa shape index (κ3) is 6.86. The van der Waals surface area contributed by atoms with E-state index in [1.165, 1.54) is 22.1 Å². The average molecular weight is 909 g/mol. The number of hydrogen-bond donors (Lipinski definition) is 0. The van der Waals surface area contributed by atoms with E-state index in [-0.39, 0.29) is 12.2 Å². The number of carbonyl (C=O) groups is 1. The summed E-state index contributed by atoms with van der Waals surface area (Å²) >= 11 is 12.1. The van der Waals surface area contributed by atoms with Crippen molar-refractivity contribution in [2.45, 2.75) is 19.6 Å². The molecule has 0 radical (unpaired) electrons. The van der Waals surface area contributed by atoms with Crippen molar-refractivity contribution in [3.8, 4) is 5.75 Å². The zero-order valence-electron chi connectivity index (χ0n) is 26.0. The minimum absolute atomic E-state index is 0.182. The summed E-state index contributed by atoms with van der Waals surface area (Å²) < 4.78 is 15.9. The molecule has 2 heterocycles. The second kappa shape index (κ2) is 14.6. The molecule has 0 spiro atoms. The monoisotopic (exact) mass is 908 g/mol. The third-order valence-corrected chi connectivity index (χ3v) is 11.0. The van der Waals surface area contributed by atoms with Gasteiger partial charge in [0, 0.05) is 10.6 Å². The molecule has 0 fully saturated rings. The van der Waals surface area contributed by atoms with Gasteiger partial charge in [-0.15, -0.1) is 0 Å². The van der Waals surface area contributed by atoms with Crippen LogP contribution in [0.1, 0.15) is 35.2 Å². The van der Waals surface area contributed by atoms with Crippen molar-refractivity contribution in [3.05, 3.63) is 169 Å². The number of esters is 1. The van der Waals surface area contributed by atoms with Gasteiger partial charge in [-0.1, -0.05) is 108 Å². The Balaban J connectivity index is 1.32. The molecule has 0 amide bonds. The minimum Gasteiger partial charge on any atom is -0.487 e. The van der Waals surface area contributed by atoms with Gasteiger partial charge in [0.25, 0.3) is 5.56 Å². The van der Waals surface area contributed by atoms with E-state index in [1.54, 1.807) is 23.6 Å². The van der Waals surface area contributed by atoms with Crippen LogP contribution in [0.15, 0.2) is 125 Å². The fraction of sp³-hybridized carbons (Fsp3) is 0.103. The van der Waals surface area contributed by atoms with Crippen LogP contribution in [-0.4, -0.2) is 17.1 Å². The van der Waals surface area contributed by atoms with Gasteiger partial charge in [0.2, 0.25) is 0 Å². The highest BCUT2D eigenvalue weighted by Gasteiger charge is 2.35. The van der Waals surface area contributed by atoms with E-state index < -0.39 is 12.0 Å². The zero-order chi connectivity index (χ0) is 34.1. The number of hydrogen-bond acceptors (Lipinski definition) is 6. The smallest absolute Gasteiger partial charge is 0.338 e. The highest BCUT2D eigenvalue weighted by Crippen LogP contribution is 2.36. The molecule has 0 N–H and O–H groups in total. The molecule has 0 unspecified atom stereocenters. The topological polar surface area (TPSA) is 69.9 Å². The maximum atomic E-state index is 14.3. The molecule has 10 heteroatoms. The zero-order valence-corrected chi connectivity index (χ0v) is 31.9. The van der Waals surface area contributed by atoms with E-state index in [0.717, 1.165) is 35.1 Å². The van der Waals surface area contributed by atoms with Crippen LogP contribution in [-0.2, 0) is 16.1 Å². The molecule has 0 bridgehead atoms. The Kier molecular flexibility index (Phi) is 10.0. The standard InChI is InChI=1S/C39H27ClI2N2O4S/c1-2-47-38(46)33-34(25-10-4-3-5-11-25)43-39-44(35(33)26-15-17-28(40)18-16-26)37(45)32(49-39)21-23-19-30(41)36(31(42)20-23)48-22-27-13-8-12-24-9-6-7-14-29(24)27/h3-21,35H,2,22H2,1H3/b32-21-/t35-/m0/s1. The molecule has 1 aliphatic heterocycles. The van der Waals surface area contributed by atoms with Gasteiger partial charge in [-0.2, -0.15) is 0 Å². The molecule has 1 aromatic heterocycles. The third-order valence-electron chi connectivity index (χ3n) is 8.13. The van der Waals surface area contributed by atoms with Crippen molar-refractivity contribution < 1.29 is 14.3 Å². The van der Waals surface area contributed by atoms with Crippen LogP contribution in [0, 0.1) is 7.14 Å². The van der Waals surface area contributed by atoms with E-state index in [9.17, 15) is 9.59 Å². The highest BCUT2D eigenvalue weighted by atomic mass is 127. The first-order valence-corrected chi connectivity index (χ1v) is 18.8. The summed E-state index contributed by atoms with van der Waals surface area (Å²) in [5.74, 6) is 0.268. The van der Waals surface area contributed by atoms with Crippen molar-refractivity contribution in [3.63, 3.8) is 0 Å². The van der Waals surface area contributed by atoms with Crippen LogP contribution in [0.4, 0.5) is 0 Å². The number of benzene rings is 5. The van der Waals surface area contributed by atoms with Gasteiger partial charge >= 0.3 is 5.97 Å². The lowest BCUT2D eigenvalue weighted by atomic mass is 9.93. The molecular weight excluding hydrogens is 882 g/mol. The molecular formula is C39H27ClI2N2O4S. The summed E-state index contributed by atoms with van der Waals surface area (Å²) in [6.45, 7) is 2.37. The maximum Gasteiger partial charge on any atom is 0.338 e. The molecule has 7 rings (SSSR count). The van der Waals surface area contributed by atoms with Gasteiger partial charge in [0.05, 0.1) is 35.6 Å². The number of halogens is 3. The summed E-state index contributed by atoms with van der Waals surface area (Å²) in [6, 6.07) is 34.4. The molecule has 5 aromatic carbocycles. The van der Waals surface area contributed by atoms with Gasteiger partial charge < -0.3 is 9.47 Å². The van der Waals surface area contributed by atoms with Crippen LogP contribution >= 0.6 is 68.1 Å². The second-order valence-electron chi connectivity index (χ2n) is 11.2. The molecule has 49 heavy (non-hydrogen) atoms. The highest BCUT2D eigenvalue weighted by molar-refractivity contribution is 14.1. The molecule has 1 aliphatic rings. The van der Waals surface area contributed by atoms with Crippen LogP contribution in [0.25, 0.3) is 22.5 Å². The number of ether oxygens (including phenoxy) is 2. The number of thiazole rings is 1. The van der Waals surface area contributed by atoms with Crippen molar-refractivity contribution >= 4 is 96.6 Å². The predicted molar refractivity (Wildman–Crippen MR) is 213 cm³/mol. The van der Waals surface area contributed by atoms with Gasteiger partial charge in [-0.3, -0.25) is 9.36 Å². The summed E-state index contributed by atoms with van der Waals surface area (Å²) in [5.41, 5.74) is 3.97. The van der Waals surface area contributed by atoms with Crippen LogP contribution in [0.3, 0.4) is 0 Å². The number of aromatic nitrogens is 1. The lowest BCUT2D eigenvalue weighted by molar-refractivity contribution is -0.138. The number of fused-ring (bicyclic) bond motifs is 2. The second-order valence-corrected chi connectivity index (χ2v) is 15.0. The van der Waals surface area contributed by atoms with Crippen LogP contribution in [0.5, 0.6) is 5.75 Å². The first-order chi connectivity index (χ1) is 23.8. The fourth-order valence-electron chi connectivity index (χ4n) is 5.92. The summed E-state index contributed by atoms with van der Waals surface area (Å²) in [4.78, 5) is 33.4. The predicted octanol–water partition coefficient (Wildman–Crippen LogP) is 8.53. The van der Waals surface area contributed by atoms with Crippen LogP contribution in [0.2, 0.25) is 5.02 Å². The lowest BCUT2D eigenvalue weighted by Gasteiger charge is -2.25. The Morgan fingerprint density at radius 3 is 2.37 bits per heavy atom. The molecule has 0 saturated heterocycles. The first kappa shape index (κ1) is 33.7. The van der Waals surface area contributed by atoms with Gasteiger partial charge in [-0.05, 0) is 110 Å². The van der Waals surface area contributed by atoms with Crippen molar-refractivity contribution in [2.24, 2.45) is 4.99 Å². The van der Waals surface area contributed by atoms with E-state index in [0.29, 0.717) is 32.2 Å². The van der Waals surface area contributed by atoms with E-state index in [1.807, 2.05) is 78.9 Å². The molecule has 6 aromatic rings. The Morgan fingerprint density at radius 2 is 1.63 bits per heavy atom. The van der Waals surface area contributed by atoms with E-state index in [2.05, 4.69) is 69.4 Å². The Bertz CT molecular complexity index is 2410. The van der Waals surface area contributed by atoms with Crippen molar-refractivity contribution in [2.75, 3.05) is 6.61 Å². The minimum atomic E-state index is -0.768. The van der Waals surface area contributed by atoms with Crippen molar-refractivity contribution in [1.82, 2.24) is 4.57 Å². The SMILES string of the molecule is CCOC(=O)C1=C(c2ccccc2)N=c2s/c(=C\c3cc(I)c(OCc4cccc5ccccc45)c(I)c3)c(=O)n2[C@H]1c1ccc(Cl)cc1.